The molecule has 0 spiro atoms. The maximum absolute atomic E-state index is 11.0. The maximum Gasteiger partial charge on any atom is 0.347 e. The second-order valence-corrected chi connectivity index (χ2v) is 5.72. The molecule has 2 heterocycles. The average molecular weight is 256 g/mol. The monoisotopic (exact) mass is 256 g/mol. The van der Waals surface area contributed by atoms with Crippen LogP contribution in [0.15, 0.2) is 0 Å². The molecule has 0 amide bonds. The number of carboxylic acid groups (broad SMARTS) is 1. The van der Waals surface area contributed by atoms with Crippen LogP contribution in [0.5, 0.6) is 0 Å². The molecule has 1 saturated heterocycles. The first-order valence-corrected chi connectivity index (χ1v) is 6.30. The molecule has 0 aliphatic carbocycles. The van der Waals surface area contributed by atoms with Gasteiger partial charge in [-0.05, 0) is 20.8 Å². The van der Waals surface area contributed by atoms with Crippen molar-refractivity contribution < 1.29 is 14.6 Å². The first-order valence-electron chi connectivity index (χ1n) is 5.49. The smallest absolute Gasteiger partial charge is 0.347 e. The summed E-state index contributed by atoms with van der Waals surface area (Å²) in [5.41, 5.74) is 0.378. The van der Waals surface area contributed by atoms with Crippen LogP contribution in [0.2, 0.25) is 0 Å². The third kappa shape index (κ3) is 2.58. The second kappa shape index (κ2) is 4.27. The number of rotatable bonds is 2. The van der Waals surface area contributed by atoms with Crippen LogP contribution in [0, 0.1) is 6.92 Å². The van der Waals surface area contributed by atoms with Gasteiger partial charge in [-0.1, -0.05) is 11.3 Å². The molecule has 6 heteroatoms. The summed E-state index contributed by atoms with van der Waals surface area (Å²) < 4.78 is 5.62. The van der Waals surface area contributed by atoms with E-state index < -0.39 is 5.97 Å². The Morgan fingerprint density at radius 1 is 1.59 bits per heavy atom. The van der Waals surface area contributed by atoms with E-state index in [0.717, 1.165) is 18.2 Å². The average Bonchev–Trinajstić information content (AvgIpc) is 2.59. The summed E-state index contributed by atoms with van der Waals surface area (Å²) in [5, 5.41) is 9.78. The van der Waals surface area contributed by atoms with E-state index in [-0.39, 0.29) is 5.60 Å². The van der Waals surface area contributed by atoms with Gasteiger partial charge in [-0.2, -0.15) is 0 Å². The molecule has 0 unspecified atom stereocenters. The molecule has 5 nitrogen and oxygen atoms in total. The number of aryl methyl sites for hydroxylation is 1. The lowest BCUT2D eigenvalue weighted by atomic mass is 10.1. The van der Waals surface area contributed by atoms with Gasteiger partial charge in [-0.3, -0.25) is 0 Å². The Morgan fingerprint density at radius 3 is 2.82 bits per heavy atom. The summed E-state index contributed by atoms with van der Waals surface area (Å²) in [5.74, 6) is -0.904. The van der Waals surface area contributed by atoms with E-state index in [1.165, 1.54) is 11.3 Å². The molecule has 17 heavy (non-hydrogen) atoms. The van der Waals surface area contributed by atoms with Crippen molar-refractivity contribution in [3.63, 3.8) is 0 Å². The fourth-order valence-electron chi connectivity index (χ4n) is 1.90. The molecular weight excluding hydrogens is 240 g/mol. The topological polar surface area (TPSA) is 62.7 Å². The number of hydrogen-bond donors (Lipinski definition) is 1. The van der Waals surface area contributed by atoms with E-state index >= 15 is 0 Å². The number of carbonyl (C=O) groups is 1. The largest absolute Gasteiger partial charge is 0.477 e. The number of morpholine rings is 1. The van der Waals surface area contributed by atoms with Crippen molar-refractivity contribution in [1.82, 2.24) is 4.98 Å². The van der Waals surface area contributed by atoms with Gasteiger partial charge in [0.15, 0.2) is 5.13 Å². The number of aromatic carboxylic acids is 1. The number of anilines is 1. The molecular formula is C11H16N2O3S. The van der Waals surface area contributed by atoms with Gasteiger partial charge in [0, 0.05) is 13.1 Å². The van der Waals surface area contributed by atoms with E-state index in [0.29, 0.717) is 17.2 Å². The lowest BCUT2D eigenvalue weighted by Gasteiger charge is -2.37. The molecule has 0 bridgehead atoms. The van der Waals surface area contributed by atoms with Gasteiger partial charge in [0.1, 0.15) is 4.88 Å². The van der Waals surface area contributed by atoms with Crippen LogP contribution in [0.4, 0.5) is 5.13 Å². The van der Waals surface area contributed by atoms with E-state index in [4.69, 9.17) is 9.84 Å². The highest BCUT2D eigenvalue weighted by Crippen LogP contribution is 2.29. The zero-order valence-corrected chi connectivity index (χ0v) is 11.0. The normalized spacial score (nSPS) is 19.4. The Morgan fingerprint density at radius 2 is 2.29 bits per heavy atom. The van der Waals surface area contributed by atoms with Crippen LogP contribution in [0.25, 0.3) is 0 Å². The van der Waals surface area contributed by atoms with Crippen LogP contribution in [0.3, 0.4) is 0 Å². The molecule has 1 N–H and O–H groups in total. The molecule has 0 atom stereocenters. The van der Waals surface area contributed by atoms with Gasteiger partial charge < -0.3 is 14.7 Å². The number of ether oxygens (including phenoxy) is 1. The van der Waals surface area contributed by atoms with Crippen LogP contribution >= 0.6 is 11.3 Å². The molecule has 0 aromatic carbocycles. The van der Waals surface area contributed by atoms with Crippen LogP contribution < -0.4 is 4.90 Å². The van der Waals surface area contributed by atoms with Crippen molar-refractivity contribution in [2.24, 2.45) is 0 Å². The number of aromatic nitrogens is 1. The molecule has 1 aliphatic heterocycles. The Balaban J connectivity index is 2.22. The van der Waals surface area contributed by atoms with Crippen molar-refractivity contribution in [2.75, 3.05) is 24.6 Å². The van der Waals surface area contributed by atoms with Crippen molar-refractivity contribution in [2.45, 2.75) is 26.4 Å². The Kier molecular flexibility index (Phi) is 3.09. The molecule has 2 rings (SSSR count). The van der Waals surface area contributed by atoms with E-state index in [9.17, 15) is 4.79 Å². The van der Waals surface area contributed by atoms with Crippen LogP contribution in [-0.2, 0) is 4.74 Å². The van der Waals surface area contributed by atoms with E-state index in [1.54, 1.807) is 6.92 Å². The number of thiazole rings is 1. The number of nitrogens with zero attached hydrogens (tertiary/aromatic N) is 2. The minimum atomic E-state index is -0.904. The highest BCUT2D eigenvalue weighted by molar-refractivity contribution is 7.17. The van der Waals surface area contributed by atoms with Crippen LogP contribution in [-0.4, -0.2) is 41.4 Å². The van der Waals surface area contributed by atoms with Crippen molar-refractivity contribution in [3.8, 4) is 0 Å². The number of carboxylic acids is 1. The van der Waals surface area contributed by atoms with Crippen LogP contribution in [0.1, 0.15) is 29.2 Å². The Hall–Kier alpha value is -1.14. The molecule has 0 saturated carbocycles. The second-order valence-electron chi connectivity index (χ2n) is 4.75. The summed E-state index contributed by atoms with van der Waals surface area (Å²) in [6, 6.07) is 0. The highest BCUT2D eigenvalue weighted by atomic mass is 32.1. The Bertz CT molecular complexity index is 442. The van der Waals surface area contributed by atoms with Gasteiger partial charge in [0.05, 0.1) is 17.9 Å². The quantitative estimate of drug-likeness (QED) is 0.873. The summed E-state index contributed by atoms with van der Waals surface area (Å²) >= 11 is 1.23. The lowest BCUT2D eigenvalue weighted by Crippen LogP contribution is -2.48. The summed E-state index contributed by atoms with van der Waals surface area (Å²) in [6.45, 7) is 7.92. The fraction of sp³-hybridized carbons (Fsp3) is 0.636. The lowest BCUT2D eigenvalue weighted by molar-refractivity contribution is -0.0277. The van der Waals surface area contributed by atoms with Crippen molar-refractivity contribution in [1.29, 1.82) is 0 Å². The first kappa shape index (κ1) is 12.3. The Labute approximate surface area is 104 Å². The zero-order chi connectivity index (χ0) is 12.6. The molecule has 1 fully saturated rings. The number of hydrogen-bond acceptors (Lipinski definition) is 5. The predicted octanol–water partition coefficient (Wildman–Crippen LogP) is 1.76. The van der Waals surface area contributed by atoms with Gasteiger partial charge in [-0.25, -0.2) is 9.78 Å². The van der Waals surface area contributed by atoms with Crippen molar-refractivity contribution in [3.05, 3.63) is 10.6 Å². The predicted molar refractivity (Wildman–Crippen MR) is 66.1 cm³/mol. The summed E-state index contributed by atoms with van der Waals surface area (Å²) in [4.78, 5) is 17.7. The molecule has 1 aromatic heterocycles. The molecule has 94 valence electrons. The third-order valence-corrected chi connectivity index (χ3v) is 3.88. The highest BCUT2D eigenvalue weighted by Gasteiger charge is 2.29. The van der Waals surface area contributed by atoms with Gasteiger partial charge >= 0.3 is 5.97 Å². The first-order chi connectivity index (χ1) is 7.89. The zero-order valence-electron chi connectivity index (χ0n) is 10.2. The summed E-state index contributed by atoms with van der Waals surface area (Å²) in [7, 11) is 0. The SMILES string of the molecule is Cc1nc(N2CCOC(C)(C)C2)sc1C(=O)O. The van der Waals surface area contributed by atoms with Gasteiger partial charge in [0.25, 0.3) is 0 Å². The minimum absolute atomic E-state index is 0.207. The van der Waals surface area contributed by atoms with E-state index in [2.05, 4.69) is 9.88 Å². The maximum atomic E-state index is 11.0. The van der Waals surface area contributed by atoms with Gasteiger partial charge in [0.2, 0.25) is 0 Å². The van der Waals surface area contributed by atoms with Gasteiger partial charge in [-0.15, -0.1) is 0 Å². The summed E-state index contributed by atoms with van der Waals surface area (Å²) in [6.07, 6.45) is 0. The standard InChI is InChI=1S/C11H16N2O3S/c1-7-8(9(14)15)17-10(12-7)13-4-5-16-11(2,3)6-13/h4-6H2,1-3H3,(H,14,15). The van der Waals surface area contributed by atoms with E-state index in [1.807, 2.05) is 13.8 Å². The third-order valence-electron chi connectivity index (χ3n) is 2.68. The molecule has 1 aromatic rings. The fourth-order valence-corrected chi connectivity index (χ4v) is 2.83. The minimum Gasteiger partial charge on any atom is -0.477 e. The molecule has 1 aliphatic rings. The molecule has 0 radical (unpaired) electrons. The van der Waals surface area contributed by atoms with Crippen molar-refractivity contribution >= 4 is 22.4 Å².